The minimum atomic E-state index is -1.72. The van der Waals surface area contributed by atoms with E-state index in [1.54, 1.807) is 0 Å². The quantitative estimate of drug-likeness (QED) is 0.424. The van der Waals surface area contributed by atoms with E-state index in [1.807, 2.05) is 0 Å². The van der Waals surface area contributed by atoms with Gasteiger partial charge < -0.3 is 33.5 Å². The standard InChI is InChI=1S/C16H24O11/c1-7(17)23-6-11(22-5)12-13(24-8(2)18)14(25-9(3)19)15(16(21)27-12)26-10(4)20/h11-16,21H,6H2,1-5H3/t11-,12-,13-,14+,15-,16-/m1/s1. The van der Waals surface area contributed by atoms with Gasteiger partial charge in [0.05, 0.1) is 0 Å². The summed E-state index contributed by atoms with van der Waals surface area (Å²) >= 11 is 0. The molecule has 6 atom stereocenters. The minimum Gasteiger partial charge on any atom is -0.463 e. The van der Waals surface area contributed by atoms with Crippen LogP contribution in [0, 0.1) is 0 Å². The molecular formula is C16H24O11. The van der Waals surface area contributed by atoms with E-state index in [9.17, 15) is 24.3 Å². The topological polar surface area (TPSA) is 144 Å². The van der Waals surface area contributed by atoms with Gasteiger partial charge >= 0.3 is 23.9 Å². The van der Waals surface area contributed by atoms with Gasteiger partial charge in [-0.15, -0.1) is 0 Å². The lowest BCUT2D eigenvalue weighted by Gasteiger charge is -2.44. The maximum absolute atomic E-state index is 11.6. The van der Waals surface area contributed by atoms with E-state index in [-0.39, 0.29) is 6.61 Å². The van der Waals surface area contributed by atoms with Crippen molar-refractivity contribution in [2.45, 2.75) is 64.5 Å². The lowest BCUT2D eigenvalue weighted by atomic mass is 9.94. The van der Waals surface area contributed by atoms with Crippen molar-refractivity contribution in [2.24, 2.45) is 0 Å². The summed E-state index contributed by atoms with van der Waals surface area (Å²) in [5.74, 6) is -2.88. The Morgan fingerprint density at radius 3 is 1.78 bits per heavy atom. The molecule has 0 unspecified atom stereocenters. The van der Waals surface area contributed by atoms with Crippen molar-refractivity contribution in [1.29, 1.82) is 0 Å². The summed E-state index contributed by atoms with van der Waals surface area (Å²) in [5.41, 5.74) is 0. The molecule has 0 bridgehead atoms. The summed E-state index contributed by atoms with van der Waals surface area (Å²) in [6, 6.07) is 0. The normalized spacial score (nSPS) is 28.6. The zero-order chi connectivity index (χ0) is 20.7. The molecule has 0 amide bonds. The van der Waals surface area contributed by atoms with Crippen molar-refractivity contribution in [2.75, 3.05) is 13.7 Å². The van der Waals surface area contributed by atoms with Crippen LogP contribution in [0.25, 0.3) is 0 Å². The number of ether oxygens (including phenoxy) is 6. The molecule has 0 spiro atoms. The van der Waals surface area contributed by atoms with Crippen LogP contribution in [0.1, 0.15) is 27.7 Å². The van der Waals surface area contributed by atoms with Gasteiger partial charge in [-0.3, -0.25) is 19.2 Å². The van der Waals surface area contributed by atoms with Crippen LogP contribution in [0.4, 0.5) is 0 Å². The molecule has 0 aromatic carbocycles. The molecule has 1 N–H and O–H groups in total. The van der Waals surface area contributed by atoms with Crippen LogP contribution in [0.15, 0.2) is 0 Å². The Balaban J connectivity index is 3.23. The molecule has 0 aliphatic carbocycles. The molecule has 11 heteroatoms. The fourth-order valence-electron chi connectivity index (χ4n) is 2.62. The number of carbonyl (C=O) groups excluding carboxylic acids is 4. The van der Waals surface area contributed by atoms with E-state index in [2.05, 4.69) is 0 Å². The molecule has 1 heterocycles. The first-order valence-corrected chi connectivity index (χ1v) is 8.08. The zero-order valence-electron chi connectivity index (χ0n) is 15.7. The number of esters is 4. The van der Waals surface area contributed by atoms with Crippen LogP contribution in [-0.4, -0.2) is 79.5 Å². The van der Waals surface area contributed by atoms with Gasteiger partial charge in [0.2, 0.25) is 0 Å². The highest BCUT2D eigenvalue weighted by Gasteiger charge is 2.53. The zero-order valence-corrected chi connectivity index (χ0v) is 15.7. The molecule has 154 valence electrons. The number of methoxy groups -OCH3 is 1. The largest absolute Gasteiger partial charge is 0.463 e. The monoisotopic (exact) mass is 392 g/mol. The molecule has 1 aliphatic rings. The van der Waals surface area contributed by atoms with E-state index >= 15 is 0 Å². The van der Waals surface area contributed by atoms with Gasteiger partial charge in [-0.05, 0) is 0 Å². The summed E-state index contributed by atoms with van der Waals surface area (Å²) in [5, 5.41) is 10.3. The Kier molecular flexibility index (Phi) is 8.60. The average Bonchev–Trinajstić information content (AvgIpc) is 2.53. The summed E-state index contributed by atoms with van der Waals surface area (Å²) < 4.78 is 30.8. The molecule has 0 radical (unpaired) electrons. The minimum absolute atomic E-state index is 0.286. The van der Waals surface area contributed by atoms with Crippen LogP contribution in [0.3, 0.4) is 0 Å². The summed E-state index contributed by atoms with van der Waals surface area (Å²) in [7, 11) is 1.29. The maximum atomic E-state index is 11.6. The molecule has 1 fully saturated rings. The van der Waals surface area contributed by atoms with Crippen LogP contribution in [0.2, 0.25) is 0 Å². The fourth-order valence-corrected chi connectivity index (χ4v) is 2.62. The first-order valence-electron chi connectivity index (χ1n) is 8.08. The Morgan fingerprint density at radius 2 is 1.33 bits per heavy atom. The van der Waals surface area contributed by atoms with E-state index < -0.39 is 60.7 Å². The van der Waals surface area contributed by atoms with Crippen molar-refractivity contribution < 1.29 is 52.7 Å². The van der Waals surface area contributed by atoms with E-state index in [4.69, 9.17) is 28.4 Å². The van der Waals surface area contributed by atoms with E-state index in [0.29, 0.717) is 0 Å². The van der Waals surface area contributed by atoms with Crippen LogP contribution in [0.5, 0.6) is 0 Å². The van der Waals surface area contributed by atoms with Crippen molar-refractivity contribution >= 4 is 23.9 Å². The van der Waals surface area contributed by atoms with Crippen molar-refractivity contribution in [3.05, 3.63) is 0 Å². The molecule has 0 saturated carbocycles. The molecule has 1 saturated heterocycles. The van der Waals surface area contributed by atoms with Gasteiger partial charge in [0.25, 0.3) is 0 Å². The van der Waals surface area contributed by atoms with E-state index in [1.165, 1.54) is 14.0 Å². The second kappa shape index (κ2) is 10.2. The fraction of sp³-hybridized carbons (Fsp3) is 0.750. The third-order valence-electron chi connectivity index (χ3n) is 3.58. The van der Waals surface area contributed by atoms with Gasteiger partial charge in [0, 0.05) is 34.8 Å². The number of rotatable bonds is 7. The highest BCUT2D eigenvalue weighted by Crippen LogP contribution is 2.30. The Bertz CT molecular complexity index is 561. The second-order valence-corrected chi connectivity index (χ2v) is 5.79. The highest BCUT2D eigenvalue weighted by molar-refractivity contribution is 5.68. The highest BCUT2D eigenvalue weighted by atomic mass is 16.7. The maximum Gasteiger partial charge on any atom is 0.303 e. The average molecular weight is 392 g/mol. The lowest BCUT2D eigenvalue weighted by Crippen LogP contribution is -2.64. The summed E-state index contributed by atoms with van der Waals surface area (Å²) in [4.78, 5) is 45.5. The number of carbonyl (C=O) groups is 4. The number of hydrogen-bond acceptors (Lipinski definition) is 11. The molecule has 0 aromatic heterocycles. The predicted octanol–water partition coefficient (Wildman–Crippen LogP) is -0.923. The molecule has 27 heavy (non-hydrogen) atoms. The Labute approximate surface area is 155 Å². The first kappa shape index (κ1) is 22.8. The molecule has 1 rings (SSSR count). The SMILES string of the molecule is CO[C@H](COC(C)=O)[C@H]1O[C@@H](O)[C@H](OC(C)=O)[C@@H](OC(C)=O)[C@@H]1OC(C)=O. The summed E-state index contributed by atoms with van der Waals surface area (Å²) in [6.07, 6.45) is -8.02. The van der Waals surface area contributed by atoms with Gasteiger partial charge in [-0.1, -0.05) is 0 Å². The number of hydrogen-bond donors (Lipinski definition) is 1. The molecular weight excluding hydrogens is 368 g/mol. The third kappa shape index (κ3) is 6.77. The van der Waals surface area contributed by atoms with Gasteiger partial charge in [0.1, 0.15) is 18.8 Å². The van der Waals surface area contributed by atoms with Crippen molar-refractivity contribution in [3.8, 4) is 0 Å². The van der Waals surface area contributed by atoms with Crippen LogP contribution in [-0.2, 0) is 47.6 Å². The summed E-state index contributed by atoms with van der Waals surface area (Å²) in [6.45, 7) is 4.20. The number of aliphatic hydroxyl groups is 1. The van der Waals surface area contributed by atoms with E-state index in [0.717, 1.165) is 20.8 Å². The third-order valence-corrected chi connectivity index (χ3v) is 3.58. The van der Waals surface area contributed by atoms with Gasteiger partial charge in [0.15, 0.2) is 24.6 Å². The molecule has 0 aromatic rings. The van der Waals surface area contributed by atoms with Gasteiger partial charge in [-0.2, -0.15) is 0 Å². The van der Waals surface area contributed by atoms with Gasteiger partial charge in [-0.25, -0.2) is 0 Å². The second-order valence-electron chi connectivity index (χ2n) is 5.79. The van der Waals surface area contributed by atoms with Crippen molar-refractivity contribution in [3.63, 3.8) is 0 Å². The molecule has 11 nitrogen and oxygen atoms in total. The smallest absolute Gasteiger partial charge is 0.303 e. The first-order chi connectivity index (χ1) is 12.6. The lowest BCUT2D eigenvalue weighted by molar-refractivity contribution is -0.307. The Hall–Kier alpha value is -2.24. The van der Waals surface area contributed by atoms with Crippen LogP contribution < -0.4 is 0 Å². The molecule has 1 aliphatic heterocycles. The number of aliphatic hydroxyl groups excluding tert-OH is 1. The Morgan fingerprint density at radius 1 is 0.852 bits per heavy atom. The van der Waals surface area contributed by atoms with Crippen molar-refractivity contribution in [1.82, 2.24) is 0 Å². The predicted molar refractivity (Wildman–Crippen MR) is 85.0 cm³/mol. The van der Waals surface area contributed by atoms with Crippen LogP contribution >= 0.6 is 0 Å².